The Labute approximate surface area is 95.2 Å². The lowest BCUT2D eigenvalue weighted by Gasteiger charge is -1.95. The van der Waals surface area contributed by atoms with Crippen LogP contribution in [0, 0.1) is 0 Å². The number of carbonyl (C=O) groups is 2. The fourth-order valence-electron chi connectivity index (χ4n) is 0.895. The van der Waals surface area contributed by atoms with E-state index in [1.807, 2.05) is 6.07 Å². The summed E-state index contributed by atoms with van der Waals surface area (Å²) >= 11 is 0. The van der Waals surface area contributed by atoms with Gasteiger partial charge in [0.25, 0.3) is 0 Å². The number of hydrogen-bond acceptors (Lipinski definition) is 4. The van der Waals surface area contributed by atoms with Crippen molar-refractivity contribution < 1.29 is 19.1 Å². The highest BCUT2D eigenvalue weighted by atomic mass is 16.5. The molecule has 0 heterocycles. The first-order valence-corrected chi connectivity index (χ1v) is 4.88. The van der Waals surface area contributed by atoms with Crippen molar-refractivity contribution in [2.24, 2.45) is 0 Å². The molecule has 0 atom stereocenters. The predicted octanol–water partition coefficient (Wildman–Crippen LogP) is 2.04. The maximum atomic E-state index is 10.8. The molecule has 0 aliphatic heterocycles. The average molecular weight is 224 g/mol. The lowest BCUT2D eigenvalue weighted by molar-refractivity contribution is -0.140. The van der Waals surface area contributed by atoms with Crippen LogP contribution in [0.15, 0.2) is 30.3 Å². The Morgan fingerprint density at radius 3 is 2.06 bits per heavy atom. The minimum Gasteiger partial charge on any atom is -0.466 e. The summed E-state index contributed by atoms with van der Waals surface area (Å²) in [6.07, 6.45) is 0. The summed E-state index contributed by atoms with van der Waals surface area (Å²) in [7, 11) is 1.37. The molecular weight excluding hydrogens is 208 g/mol. The quantitative estimate of drug-likeness (QED) is 0.721. The molecule has 0 bridgehead atoms. The second-order valence-electron chi connectivity index (χ2n) is 2.78. The van der Waals surface area contributed by atoms with Crippen LogP contribution in [0.2, 0.25) is 0 Å². The summed E-state index contributed by atoms with van der Waals surface area (Å²) in [5, 5.41) is 0. The molecular formula is C12H16O4. The average Bonchev–Trinajstić information content (AvgIpc) is 2.30. The van der Waals surface area contributed by atoms with Crippen molar-refractivity contribution in [3.8, 4) is 0 Å². The van der Waals surface area contributed by atoms with Gasteiger partial charge in [0.05, 0.1) is 19.3 Å². The molecule has 0 aliphatic rings. The van der Waals surface area contributed by atoms with Crippen LogP contribution in [-0.4, -0.2) is 25.7 Å². The monoisotopic (exact) mass is 224 g/mol. The van der Waals surface area contributed by atoms with E-state index in [0.717, 1.165) is 0 Å². The maximum absolute atomic E-state index is 10.8. The molecule has 1 rings (SSSR count). The van der Waals surface area contributed by atoms with Gasteiger partial charge in [-0.15, -0.1) is 0 Å². The van der Waals surface area contributed by atoms with Gasteiger partial charge >= 0.3 is 11.9 Å². The number of carbonyl (C=O) groups excluding carboxylic acids is 2. The number of rotatable bonds is 2. The third-order valence-corrected chi connectivity index (χ3v) is 1.54. The Morgan fingerprint density at radius 1 is 1.19 bits per heavy atom. The van der Waals surface area contributed by atoms with Crippen molar-refractivity contribution >= 4 is 11.9 Å². The topological polar surface area (TPSA) is 52.6 Å². The van der Waals surface area contributed by atoms with Gasteiger partial charge in [-0.2, -0.15) is 0 Å². The van der Waals surface area contributed by atoms with Crippen molar-refractivity contribution in [2.75, 3.05) is 13.7 Å². The van der Waals surface area contributed by atoms with E-state index in [-0.39, 0.29) is 11.9 Å². The summed E-state index contributed by atoms with van der Waals surface area (Å²) in [5.41, 5.74) is 0.588. The third kappa shape index (κ3) is 6.59. The zero-order valence-electron chi connectivity index (χ0n) is 9.73. The molecule has 0 aromatic heterocycles. The molecule has 16 heavy (non-hydrogen) atoms. The zero-order valence-corrected chi connectivity index (χ0v) is 9.73. The minimum absolute atomic E-state index is 0.211. The van der Waals surface area contributed by atoms with Gasteiger partial charge in [0.1, 0.15) is 0 Å². The summed E-state index contributed by atoms with van der Waals surface area (Å²) in [5.74, 6) is -0.502. The molecule has 4 nitrogen and oxygen atoms in total. The van der Waals surface area contributed by atoms with Crippen LogP contribution in [0.25, 0.3) is 0 Å². The van der Waals surface area contributed by atoms with Gasteiger partial charge in [-0.05, 0) is 19.1 Å². The Morgan fingerprint density at radius 2 is 1.75 bits per heavy atom. The molecule has 0 saturated carbocycles. The first-order valence-electron chi connectivity index (χ1n) is 4.88. The van der Waals surface area contributed by atoms with Crippen molar-refractivity contribution in [3.05, 3.63) is 35.9 Å². The van der Waals surface area contributed by atoms with Crippen molar-refractivity contribution in [2.45, 2.75) is 13.8 Å². The van der Waals surface area contributed by atoms with Gasteiger partial charge in [-0.1, -0.05) is 18.2 Å². The molecule has 0 radical (unpaired) electrons. The van der Waals surface area contributed by atoms with Crippen LogP contribution in [0.5, 0.6) is 0 Å². The van der Waals surface area contributed by atoms with Crippen LogP contribution in [0.1, 0.15) is 24.2 Å². The predicted molar refractivity (Wildman–Crippen MR) is 60.1 cm³/mol. The van der Waals surface area contributed by atoms with E-state index in [2.05, 4.69) is 9.47 Å². The Hall–Kier alpha value is -1.84. The lowest BCUT2D eigenvalue weighted by atomic mass is 10.2. The van der Waals surface area contributed by atoms with E-state index in [0.29, 0.717) is 12.2 Å². The normalized spacial score (nSPS) is 8.44. The van der Waals surface area contributed by atoms with Gasteiger partial charge in [-0.3, -0.25) is 4.79 Å². The van der Waals surface area contributed by atoms with Gasteiger partial charge < -0.3 is 9.47 Å². The number of ether oxygens (including phenoxy) is 2. The SMILES string of the molecule is CCOC(C)=O.COC(=O)c1ccccc1. The molecule has 0 unspecified atom stereocenters. The highest BCUT2D eigenvalue weighted by molar-refractivity contribution is 5.89. The largest absolute Gasteiger partial charge is 0.466 e. The standard InChI is InChI=1S/C8H8O2.C4H8O2/c1-10-8(9)7-5-3-2-4-6-7;1-3-6-4(2)5/h2-6H,1H3;3H2,1-2H3. The summed E-state index contributed by atoms with van der Waals surface area (Å²) in [4.78, 5) is 20.6. The zero-order chi connectivity index (χ0) is 12.4. The number of benzene rings is 1. The van der Waals surface area contributed by atoms with Crippen LogP contribution in [-0.2, 0) is 14.3 Å². The highest BCUT2D eigenvalue weighted by Crippen LogP contribution is 1.98. The molecule has 0 saturated heterocycles. The molecule has 4 heteroatoms. The molecule has 1 aromatic rings. The molecule has 1 aromatic carbocycles. The first kappa shape index (κ1) is 14.2. The van der Waals surface area contributed by atoms with E-state index in [9.17, 15) is 9.59 Å². The third-order valence-electron chi connectivity index (χ3n) is 1.54. The Bertz CT molecular complexity index is 319. The van der Waals surface area contributed by atoms with Crippen molar-refractivity contribution in [1.82, 2.24) is 0 Å². The fourth-order valence-corrected chi connectivity index (χ4v) is 0.895. The minimum atomic E-state index is -0.291. The number of methoxy groups -OCH3 is 1. The number of hydrogen-bond donors (Lipinski definition) is 0. The van der Waals surface area contributed by atoms with Gasteiger partial charge in [0.15, 0.2) is 0 Å². The van der Waals surface area contributed by atoms with Crippen LogP contribution in [0.3, 0.4) is 0 Å². The van der Waals surface area contributed by atoms with Gasteiger partial charge in [-0.25, -0.2) is 4.79 Å². The van der Waals surface area contributed by atoms with E-state index < -0.39 is 0 Å². The molecule has 0 fully saturated rings. The second kappa shape index (κ2) is 8.47. The molecule has 0 N–H and O–H groups in total. The van der Waals surface area contributed by atoms with Crippen molar-refractivity contribution in [1.29, 1.82) is 0 Å². The maximum Gasteiger partial charge on any atom is 0.337 e. The smallest absolute Gasteiger partial charge is 0.337 e. The summed E-state index contributed by atoms with van der Waals surface area (Å²) in [6, 6.07) is 8.88. The van der Waals surface area contributed by atoms with E-state index >= 15 is 0 Å². The van der Waals surface area contributed by atoms with E-state index in [1.54, 1.807) is 31.2 Å². The first-order chi connectivity index (χ1) is 7.61. The molecule has 88 valence electrons. The number of esters is 2. The van der Waals surface area contributed by atoms with Crippen molar-refractivity contribution in [3.63, 3.8) is 0 Å². The Kier molecular flexibility index (Phi) is 7.49. The second-order valence-corrected chi connectivity index (χ2v) is 2.78. The fraction of sp³-hybridized carbons (Fsp3) is 0.333. The lowest BCUT2D eigenvalue weighted by Crippen LogP contribution is -1.99. The Balaban J connectivity index is 0.000000325. The van der Waals surface area contributed by atoms with Crippen LogP contribution in [0.4, 0.5) is 0 Å². The summed E-state index contributed by atoms with van der Waals surface area (Å²) < 4.78 is 8.90. The van der Waals surface area contributed by atoms with E-state index in [1.165, 1.54) is 14.0 Å². The molecule has 0 spiro atoms. The summed E-state index contributed by atoms with van der Waals surface area (Å²) in [6.45, 7) is 3.65. The molecule has 0 aliphatic carbocycles. The van der Waals surface area contributed by atoms with Gasteiger partial charge in [0.2, 0.25) is 0 Å². The molecule has 0 amide bonds. The highest BCUT2D eigenvalue weighted by Gasteiger charge is 2.00. The van der Waals surface area contributed by atoms with Gasteiger partial charge in [0, 0.05) is 6.92 Å². The van der Waals surface area contributed by atoms with E-state index in [4.69, 9.17) is 0 Å². The van der Waals surface area contributed by atoms with Crippen LogP contribution < -0.4 is 0 Å². The van der Waals surface area contributed by atoms with Crippen LogP contribution >= 0.6 is 0 Å².